The molecule has 6 heteroatoms. The lowest BCUT2D eigenvalue weighted by molar-refractivity contribution is -0.122. The standard InChI is InChI=1S/C17H22N2O3S/c20-15(16-6-2-8-22-16)10-13-4-1-7-19(13)12-17(21)18-11-14-5-3-9-23-14/h2-3,5-6,8-9,13,15,20H,1,4,7,10-12H2,(H,18,21). The van der Waals surface area contributed by atoms with Gasteiger partial charge in [0.25, 0.3) is 0 Å². The number of hydrogen-bond donors (Lipinski definition) is 2. The number of aliphatic hydroxyl groups is 1. The van der Waals surface area contributed by atoms with Crippen molar-refractivity contribution in [2.24, 2.45) is 0 Å². The van der Waals surface area contributed by atoms with Crippen LogP contribution in [0.2, 0.25) is 0 Å². The number of nitrogens with one attached hydrogen (secondary N) is 1. The summed E-state index contributed by atoms with van der Waals surface area (Å²) in [5, 5.41) is 15.2. The lowest BCUT2D eigenvalue weighted by atomic mass is 10.1. The first-order valence-corrected chi connectivity index (χ1v) is 8.85. The third kappa shape index (κ3) is 4.43. The molecule has 2 aromatic heterocycles. The lowest BCUT2D eigenvalue weighted by Gasteiger charge is -2.25. The van der Waals surface area contributed by atoms with E-state index in [4.69, 9.17) is 4.42 Å². The van der Waals surface area contributed by atoms with Gasteiger partial charge < -0.3 is 14.8 Å². The van der Waals surface area contributed by atoms with Gasteiger partial charge in [-0.2, -0.15) is 0 Å². The third-order valence-electron chi connectivity index (χ3n) is 4.25. The van der Waals surface area contributed by atoms with Gasteiger partial charge in [0.1, 0.15) is 11.9 Å². The van der Waals surface area contributed by atoms with E-state index in [2.05, 4.69) is 10.2 Å². The second kappa shape index (κ2) is 7.77. The Morgan fingerprint density at radius 1 is 1.48 bits per heavy atom. The number of nitrogens with zero attached hydrogens (tertiary/aromatic N) is 1. The molecule has 124 valence electrons. The third-order valence-corrected chi connectivity index (χ3v) is 5.13. The maximum Gasteiger partial charge on any atom is 0.234 e. The van der Waals surface area contributed by atoms with Crippen molar-refractivity contribution < 1.29 is 14.3 Å². The van der Waals surface area contributed by atoms with Crippen molar-refractivity contribution in [1.29, 1.82) is 0 Å². The molecule has 5 nitrogen and oxygen atoms in total. The smallest absolute Gasteiger partial charge is 0.234 e. The van der Waals surface area contributed by atoms with Crippen LogP contribution in [0.1, 0.15) is 36.0 Å². The van der Waals surface area contributed by atoms with E-state index in [1.54, 1.807) is 29.7 Å². The van der Waals surface area contributed by atoms with Gasteiger partial charge in [0.05, 0.1) is 19.4 Å². The van der Waals surface area contributed by atoms with E-state index in [9.17, 15) is 9.90 Å². The van der Waals surface area contributed by atoms with Crippen LogP contribution in [-0.4, -0.2) is 35.0 Å². The van der Waals surface area contributed by atoms with E-state index in [1.807, 2.05) is 17.5 Å². The zero-order chi connectivity index (χ0) is 16.1. The zero-order valence-electron chi connectivity index (χ0n) is 13.0. The number of amides is 1. The molecule has 0 aromatic carbocycles. The Morgan fingerprint density at radius 2 is 2.39 bits per heavy atom. The number of likely N-dealkylation sites (tertiary alicyclic amines) is 1. The molecule has 2 N–H and O–H groups in total. The molecule has 0 saturated carbocycles. The van der Waals surface area contributed by atoms with Gasteiger partial charge in [0.2, 0.25) is 5.91 Å². The molecule has 2 unspecified atom stereocenters. The minimum atomic E-state index is -0.607. The van der Waals surface area contributed by atoms with Gasteiger partial charge in [0, 0.05) is 10.9 Å². The van der Waals surface area contributed by atoms with Crippen LogP contribution in [0.15, 0.2) is 40.3 Å². The van der Waals surface area contributed by atoms with Gasteiger partial charge in [0.15, 0.2) is 0 Å². The van der Waals surface area contributed by atoms with Gasteiger partial charge in [-0.1, -0.05) is 6.07 Å². The van der Waals surface area contributed by atoms with Crippen molar-refractivity contribution >= 4 is 17.2 Å². The van der Waals surface area contributed by atoms with Crippen molar-refractivity contribution in [3.05, 3.63) is 46.5 Å². The fourth-order valence-corrected chi connectivity index (χ4v) is 3.71. The maximum absolute atomic E-state index is 12.1. The molecule has 2 atom stereocenters. The maximum atomic E-state index is 12.1. The number of carbonyl (C=O) groups is 1. The normalized spacial score (nSPS) is 19.8. The highest BCUT2D eigenvalue weighted by molar-refractivity contribution is 7.09. The predicted octanol–water partition coefficient (Wildman–Crippen LogP) is 2.55. The minimum absolute atomic E-state index is 0.0396. The Morgan fingerprint density at radius 3 is 3.13 bits per heavy atom. The summed E-state index contributed by atoms with van der Waals surface area (Å²) in [5.41, 5.74) is 0. The van der Waals surface area contributed by atoms with E-state index < -0.39 is 6.10 Å². The molecule has 3 heterocycles. The summed E-state index contributed by atoms with van der Waals surface area (Å²) in [6, 6.07) is 7.80. The van der Waals surface area contributed by atoms with Crippen molar-refractivity contribution in [2.45, 2.75) is 38.0 Å². The summed E-state index contributed by atoms with van der Waals surface area (Å²) in [6.45, 7) is 1.88. The van der Waals surface area contributed by atoms with E-state index >= 15 is 0 Å². The Balaban J connectivity index is 1.47. The number of rotatable bonds is 7. The Hall–Kier alpha value is -1.63. The molecule has 0 bridgehead atoms. The van der Waals surface area contributed by atoms with Crippen LogP contribution in [0.25, 0.3) is 0 Å². The van der Waals surface area contributed by atoms with Crippen LogP contribution in [-0.2, 0) is 11.3 Å². The van der Waals surface area contributed by atoms with Gasteiger partial charge in [-0.3, -0.25) is 9.69 Å². The topological polar surface area (TPSA) is 65.7 Å². The molecule has 0 radical (unpaired) electrons. The Kier molecular flexibility index (Phi) is 5.48. The second-order valence-corrected chi connectivity index (χ2v) is 6.92. The van der Waals surface area contributed by atoms with Crippen molar-refractivity contribution in [3.8, 4) is 0 Å². The van der Waals surface area contributed by atoms with Crippen LogP contribution in [0.3, 0.4) is 0 Å². The number of furan rings is 1. The quantitative estimate of drug-likeness (QED) is 0.817. The van der Waals surface area contributed by atoms with Crippen LogP contribution < -0.4 is 5.32 Å². The lowest BCUT2D eigenvalue weighted by Crippen LogP contribution is -2.40. The molecule has 1 aliphatic heterocycles. The van der Waals surface area contributed by atoms with Crippen LogP contribution >= 0.6 is 11.3 Å². The number of thiophene rings is 1. The van der Waals surface area contributed by atoms with E-state index in [0.29, 0.717) is 25.3 Å². The van der Waals surface area contributed by atoms with Gasteiger partial charge >= 0.3 is 0 Å². The van der Waals surface area contributed by atoms with Crippen molar-refractivity contribution in [1.82, 2.24) is 10.2 Å². The predicted molar refractivity (Wildman–Crippen MR) is 89.0 cm³/mol. The van der Waals surface area contributed by atoms with Gasteiger partial charge in [-0.25, -0.2) is 0 Å². The molecule has 0 spiro atoms. The highest BCUT2D eigenvalue weighted by Gasteiger charge is 2.29. The molecule has 1 aliphatic rings. The highest BCUT2D eigenvalue weighted by Crippen LogP contribution is 2.27. The fourth-order valence-electron chi connectivity index (χ4n) is 3.06. The molecule has 1 amide bonds. The first kappa shape index (κ1) is 16.2. The molecule has 0 aliphatic carbocycles. The number of hydrogen-bond acceptors (Lipinski definition) is 5. The summed E-state index contributed by atoms with van der Waals surface area (Å²) >= 11 is 1.64. The van der Waals surface area contributed by atoms with Gasteiger partial charge in [-0.15, -0.1) is 11.3 Å². The molecule has 1 fully saturated rings. The summed E-state index contributed by atoms with van der Waals surface area (Å²) in [5.74, 6) is 0.636. The Bertz CT molecular complexity index is 597. The molecule has 1 saturated heterocycles. The first-order valence-electron chi connectivity index (χ1n) is 7.97. The second-order valence-electron chi connectivity index (χ2n) is 5.89. The monoisotopic (exact) mass is 334 g/mol. The minimum Gasteiger partial charge on any atom is -0.467 e. The van der Waals surface area contributed by atoms with Crippen LogP contribution in [0.5, 0.6) is 0 Å². The van der Waals surface area contributed by atoms with Crippen molar-refractivity contribution in [2.75, 3.05) is 13.1 Å². The van der Waals surface area contributed by atoms with Gasteiger partial charge in [-0.05, 0) is 49.4 Å². The zero-order valence-corrected chi connectivity index (χ0v) is 13.8. The molecular weight excluding hydrogens is 312 g/mol. The molecule has 3 rings (SSSR count). The fraction of sp³-hybridized carbons (Fsp3) is 0.471. The van der Waals surface area contributed by atoms with Crippen LogP contribution in [0.4, 0.5) is 0 Å². The van der Waals surface area contributed by atoms with E-state index in [0.717, 1.165) is 24.3 Å². The summed E-state index contributed by atoms with van der Waals surface area (Å²) in [7, 11) is 0. The van der Waals surface area contributed by atoms with E-state index in [-0.39, 0.29) is 11.9 Å². The SMILES string of the molecule is O=C(CN1CCCC1CC(O)c1ccco1)NCc1cccs1. The first-order chi connectivity index (χ1) is 11.2. The molecular formula is C17H22N2O3S. The average molecular weight is 334 g/mol. The number of carbonyl (C=O) groups excluding carboxylic acids is 1. The highest BCUT2D eigenvalue weighted by atomic mass is 32.1. The van der Waals surface area contributed by atoms with E-state index in [1.165, 1.54) is 0 Å². The van der Waals surface area contributed by atoms with Crippen molar-refractivity contribution in [3.63, 3.8) is 0 Å². The summed E-state index contributed by atoms with van der Waals surface area (Å²) in [6.07, 6.45) is 3.64. The summed E-state index contributed by atoms with van der Waals surface area (Å²) in [4.78, 5) is 15.4. The summed E-state index contributed by atoms with van der Waals surface area (Å²) < 4.78 is 5.26. The molecule has 2 aromatic rings. The number of aliphatic hydroxyl groups excluding tert-OH is 1. The van der Waals surface area contributed by atoms with Crippen LogP contribution in [0, 0.1) is 0 Å². The largest absolute Gasteiger partial charge is 0.467 e. The molecule has 23 heavy (non-hydrogen) atoms. The Labute approximate surface area is 139 Å². The average Bonchev–Trinajstić information content (AvgIpc) is 3.29.